The van der Waals surface area contributed by atoms with E-state index in [9.17, 15) is 9.59 Å². The molecule has 3 fully saturated rings. The molecule has 244 valence electrons. The number of benzene rings is 2. The van der Waals surface area contributed by atoms with Crippen molar-refractivity contribution in [3.8, 4) is 33.6 Å². The predicted octanol–water partition coefficient (Wildman–Crippen LogP) is 6.09. The van der Waals surface area contributed by atoms with Gasteiger partial charge in [-0.3, -0.25) is 4.79 Å². The highest BCUT2D eigenvalue weighted by molar-refractivity contribution is 5.86. The summed E-state index contributed by atoms with van der Waals surface area (Å²) in [6, 6.07) is 13.7. The van der Waals surface area contributed by atoms with E-state index in [4.69, 9.17) is 14.7 Å². The fourth-order valence-corrected chi connectivity index (χ4v) is 8.38. The first-order valence-electron chi connectivity index (χ1n) is 17.1. The lowest BCUT2D eigenvalue weighted by molar-refractivity contribution is -0.135. The van der Waals surface area contributed by atoms with Gasteiger partial charge in [0.2, 0.25) is 5.91 Å². The lowest BCUT2D eigenvalue weighted by Crippen LogP contribution is -2.51. The third kappa shape index (κ3) is 5.42. The number of H-pyrrole nitrogens is 2. The van der Waals surface area contributed by atoms with Crippen molar-refractivity contribution in [3.63, 3.8) is 0 Å². The van der Waals surface area contributed by atoms with E-state index in [0.29, 0.717) is 24.5 Å². The molecule has 2 aromatic carbocycles. The average molecular weight is 634 g/mol. The summed E-state index contributed by atoms with van der Waals surface area (Å²) in [5.74, 6) is 2.38. The molecule has 2 aliphatic heterocycles. The standard InChI is InChI=1S/C37H43N7O3/c1-20(2)32(43-37(46)47-3)36(45)44-14-4-5-31(44)34-38-18-29(41-34)23-9-12-27-21(15-23)6-7-22-16-24(10-13-28(22)27)30-19-39-35(42-30)33-25-8-11-26(17-25)40-33/h9-10,12-13,15-16,18-20,25-26,31-33,40H,4-8,11,14,17H2,1-3H3,(H,38,41)(H,39,42)(H,43,46). The number of ether oxygens (including phenoxy) is 1. The van der Waals surface area contributed by atoms with Gasteiger partial charge in [0.15, 0.2) is 0 Å². The third-order valence-electron chi connectivity index (χ3n) is 10.9. The number of aromatic amines is 2. The Hall–Kier alpha value is -4.44. The van der Waals surface area contributed by atoms with Crippen molar-refractivity contribution >= 4 is 12.0 Å². The van der Waals surface area contributed by atoms with Gasteiger partial charge >= 0.3 is 6.09 Å². The van der Waals surface area contributed by atoms with Crippen LogP contribution in [0.2, 0.25) is 0 Å². The normalized spacial score (nSPS) is 23.5. The van der Waals surface area contributed by atoms with Gasteiger partial charge in [-0.2, -0.15) is 0 Å². The summed E-state index contributed by atoms with van der Waals surface area (Å²) < 4.78 is 4.77. The highest BCUT2D eigenvalue weighted by Crippen LogP contribution is 2.43. The molecule has 4 aromatic rings. The molecule has 5 atom stereocenters. The van der Waals surface area contributed by atoms with Crippen LogP contribution >= 0.6 is 0 Å². The minimum Gasteiger partial charge on any atom is -0.453 e. The third-order valence-corrected chi connectivity index (χ3v) is 10.9. The van der Waals surface area contributed by atoms with Crippen LogP contribution in [0.5, 0.6) is 0 Å². The Bertz CT molecular complexity index is 1830. The number of likely N-dealkylation sites (tertiary alicyclic amines) is 1. The number of carbonyl (C=O) groups is 2. The highest BCUT2D eigenvalue weighted by atomic mass is 16.5. The fraction of sp³-hybridized carbons (Fsp3) is 0.459. The van der Waals surface area contributed by atoms with Crippen LogP contribution in [0, 0.1) is 11.8 Å². The topological polar surface area (TPSA) is 128 Å². The summed E-state index contributed by atoms with van der Waals surface area (Å²) >= 11 is 0. The van der Waals surface area contributed by atoms with E-state index in [0.717, 1.165) is 54.3 Å². The summed E-state index contributed by atoms with van der Waals surface area (Å²) in [7, 11) is 1.31. The number of fused-ring (bicyclic) bond motifs is 5. The van der Waals surface area contributed by atoms with Crippen molar-refractivity contribution in [2.24, 2.45) is 11.8 Å². The first-order chi connectivity index (χ1) is 22.9. The van der Waals surface area contributed by atoms with Gasteiger partial charge < -0.3 is 30.2 Å². The van der Waals surface area contributed by atoms with E-state index in [1.807, 2.05) is 31.1 Å². The van der Waals surface area contributed by atoms with Gasteiger partial charge in [-0.15, -0.1) is 0 Å². The van der Waals surface area contributed by atoms with Gasteiger partial charge in [0, 0.05) is 12.6 Å². The summed E-state index contributed by atoms with van der Waals surface area (Å²) in [6.07, 6.45) is 10.8. The molecule has 0 radical (unpaired) electrons. The number of imidazole rings is 2. The zero-order valence-corrected chi connectivity index (χ0v) is 27.3. The van der Waals surface area contributed by atoms with E-state index in [-0.39, 0.29) is 17.9 Å². The summed E-state index contributed by atoms with van der Waals surface area (Å²) in [5, 5.41) is 6.47. The summed E-state index contributed by atoms with van der Waals surface area (Å²) in [6.45, 7) is 4.48. The van der Waals surface area contributed by atoms with Gasteiger partial charge in [-0.1, -0.05) is 38.1 Å². The van der Waals surface area contributed by atoms with E-state index >= 15 is 0 Å². The van der Waals surface area contributed by atoms with E-state index in [2.05, 4.69) is 57.0 Å². The number of nitrogens with zero attached hydrogens (tertiary/aromatic N) is 3. The molecule has 10 nitrogen and oxygen atoms in total. The molecule has 0 spiro atoms. The SMILES string of the molecule is COC(=O)NC(C(=O)N1CCCC1c1ncc(-c2ccc3c(c2)CCc2cc(-c4cnc(C5NC6CCC5C6)[nH]4)ccc2-3)[nH]1)C(C)C. The smallest absolute Gasteiger partial charge is 0.407 e. The molecule has 1 saturated carbocycles. The van der Waals surface area contributed by atoms with Crippen LogP contribution in [0.1, 0.15) is 80.8 Å². The molecule has 10 heteroatoms. The van der Waals surface area contributed by atoms with Crippen LogP contribution in [0.4, 0.5) is 4.79 Å². The quantitative estimate of drug-likeness (QED) is 0.195. The molecular weight excluding hydrogens is 590 g/mol. The first kappa shape index (κ1) is 29.9. The Morgan fingerprint density at radius 3 is 2.17 bits per heavy atom. The van der Waals surface area contributed by atoms with E-state index in [1.165, 1.54) is 54.2 Å². The van der Waals surface area contributed by atoms with Gasteiger partial charge in [0.25, 0.3) is 0 Å². The predicted molar refractivity (Wildman–Crippen MR) is 179 cm³/mol. The minimum absolute atomic E-state index is 0.0743. The highest BCUT2D eigenvalue weighted by Gasteiger charge is 2.41. The number of aryl methyl sites for hydroxylation is 2. The number of aromatic nitrogens is 4. The van der Waals surface area contributed by atoms with Gasteiger partial charge in [-0.05, 0) is 102 Å². The maximum absolute atomic E-state index is 13.5. The van der Waals surface area contributed by atoms with Crippen molar-refractivity contribution < 1.29 is 14.3 Å². The van der Waals surface area contributed by atoms with Crippen LogP contribution in [0.25, 0.3) is 33.6 Å². The molecule has 2 aromatic heterocycles. The van der Waals surface area contributed by atoms with Crippen molar-refractivity contribution in [2.75, 3.05) is 13.7 Å². The number of methoxy groups -OCH3 is 1. The minimum atomic E-state index is -0.654. The average Bonchev–Trinajstić information content (AvgIpc) is 3.93. The Kier molecular flexibility index (Phi) is 7.63. The number of rotatable bonds is 7. The molecule has 47 heavy (non-hydrogen) atoms. The van der Waals surface area contributed by atoms with Gasteiger partial charge in [0.05, 0.1) is 43.0 Å². The van der Waals surface area contributed by atoms with Crippen molar-refractivity contribution in [1.82, 2.24) is 35.5 Å². The number of alkyl carbamates (subject to hydrolysis) is 1. The molecular formula is C37H43N7O3. The Labute approximate surface area is 275 Å². The van der Waals surface area contributed by atoms with Crippen LogP contribution < -0.4 is 10.6 Å². The second-order valence-electron chi connectivity index (χ2n) is 14.1. The molecule has 4 heterocycles. The molecule has 4 aliphatic rings. The zero-order chi connectivity index (χ0) is 32.2. The lowest BCUT2D eigenvalue weighted by Gasteiger charge is -2.30. The number of carbonyl (C=O) groups excluding carboxylic acids is 2. The number of amides is 2. The van der Waals surface area contributed by atoms with Crippen molar-refractivity contribution in [3.05, 3.63) is 71.6 Å². The molecule has 2 saturated heterocycles. The maximum Gasteiger partial charge on any atom is 0.407 e. The lowest BCUT2D eigenvalue weighted by atomic mass is 9.83. The molecule has 2 aliphatic carbocycles. The van der Waals surface area contributed by atoms with E-state index in [1.54, 1.807) is 0 Å². The molecule has 8 rings (SSSR count). The Balaban J connectivity index is 0.990. The molecule has 2 amide bonds. The second-order valence-corrected chi connectivity index (χ2v) is 14.1. The zero-order valence-electron chi connectivity index (χ0n) is 27.3. The van der Waals surface area contributed by atoms with Crippen molar-refractivity contribution in [2.45, 2.75) is 83.0 Å². The Morgan fingerprint density at radius 2 is 1.57 bits per heavy atom. The van der Waals surface area contributed by atoms with Crippen LogP contribution in [-0.2, 0) is 22.4 Å². The van der Waals surface area contributed by atoms with Crippen LogP contribution in [0.15, 0.2) is 48.8 Å². The van der Waals surface area contributed by atoms with E-state index < -0.39 is 12.1 Å². The molecule has 4 N–H and O–H groups in total. The second kappa shape index (κ2) is 12.0. The maximum atomic E-state index is 13.5. The Morgan fingerprint density at radius 1 is 0.915 bits per heavy atom. The molecule has 2 bridgehead atoms. The van der Waals surface area contributed by atoms with Gasteiger partial charge in [-0.25, -0.2) is 14.8 Å². The summed E-state index contributed by atoms with van der Waals surface area (Å²) in [5.41, 5.74) is 9.58. The summed E-state index contributed by atoms with van der Waals surface area (Å²) in [4.78, 5) is 44.0. The largest absolute Gasteiger partial charge is 0.453 e. The fourth-order valence-electron chi connectivity index (χ4n) is 8.38. The number of hydrogen-bond acceptors (Lipinski definition) is 6. The van der Waals surface area contributed by atoms with Gasteiger partial charge in [0.1, 0.15) is 17.7 Å². The van der Waals surface area contributed by atoms with Crippen LogP contribution in [-0.4, -0.2) is 62.6 Å². The first-order valence-corrected chi connectivity index (χ1v) is 17.1. The van der Waals surface area contributed by atoms with Crippen LogP contribution in [0.3, 0.4) is 0 Å². The monoisotopic (exact) mass is 633 g/mol. The number of piperidine rings is 1. The van der Waals surface area contributed by atoms with Crippen molar-refractivity contribution in [1.29, 1.82) is 0 Å². The number of hydrogen-bond donors (Lipinski definition) is 4. The molecule has 5 unspecified atom stereocenters. The number of nitrogens with one attached hydrogen (secondary N) is 4.